The number of carbonyl (C=O) groups is 1. The first kappa shape index (κ1) is 20.7. The zero-order valence-corrected chi connectivity index (χ0v) is 18.1. The Morgan fingerprint density at radius 2 is 1.77 bits per heavy atom. The van der Waals surface area contributed by atoms with Crippen molar-refractivity contribution in [1.82, 2.24) is 15.0 Å². The molecule has 0 saturated carbocycles. The van der Waals surface area contributed by atoms with Gasteiger partial charge in [-0.2, -0.15) is 4.80 Å². The van der Waals surface area contributed by atoms with E-state index in [9.17, 15) is 4.79 Å². The Morgan fingerprint density at radius 1 is 1.06 bits per heavy atom. The van der Waals surface area contributed by atoms with Gasteiger partial charge in [0.1, 0.15) is 22.5 Å². The summed E-state index contributed by atoms with van der Waals surface area (Å²) in [4.78, 5) is 14.4. The van der Waals surface area contributed by atoms with Crippen LogP contribution in [-0.2, 0) is 0 Å². The van der Waals surface area contributed by atoms with Crippen LogP contribution in [0.1, 0.15) is 22.8 Å². The van der Waals surface area contributed by atoms with Gasteiger partial charge in [0.25, 0.3) is 5.91 Å². The van der Waals surface area contributed by atoms with Gasteiger partial charge in [-0.1, -0.05) is 11.6 Å². The molecule has 0 aliphatic carbocycles. The molecule has 0 fully saturated rings. The third kappa shape index (κ3) is 4.32. The van der Waals surface area contributed by atoms with Crippen molar-refractivity contribution in [2.45, 2.75) is 13.8 Å². The van der Waals surface area contributed by atoms with E-state index in [1.807, 2.05) is 44.2 Å². The van der Waals surface area contributed by atoms with E-state index in [1.165, 1.54) is 7.11 Å². The van der Waals surface area contributed by atoms with E-state index in [-0.39, 0.29) is 5.91 Å². The van der Waals surface area contributed by atoms with E-state index in [1.54, 1.807) is 29.1 Å². The van der Waals surface area contributed by atoms with Gasteiger partial charge in [-0.25, -0.2) is 0 Å². The lowest BCUT2D eigenvalue weighted by Gasteiger charge is -2.11. The van der Waals surface area contributed by atoms with Crippen LogP contribution in [0.5, 0.6) is 11.5 Å². The van der Waals surface area contributed by atoms with E-state index in [0.717, 1.165) is 22.5 Å². The smallest absolute Gasteiger partial charge is 0.259 e. The van der Waals surface area contributed by atoms with Crippen molar-refractivity contribution < 1.29 is 14.3 Å². The van der Waals surface area contributed by atoms with Gasteiger partial charge >= 0.3 is 0 Å². The van der Waals surface area contributed by atoms with Crippen molar-refractivity contribution in [2.75, 3.05) is 19.0 Å². The highest BCUT2D eigenvalue weighted by Crippen LogP contribution is 2.26. The summed E-state index contributed by atoms with van der Waals surface area (Å²) in [5.74, 6) is 0.919. The van der Waals surface area contributed by atoms with Crippen molar-refractivity contribution in [2.24, 2.45) is 0 Å². The maximum Gasteiger partial charge on any atom is 0.259 e. The molecule has 7 nitrogen and oxygen atoms in total. The van der Waals surface area contributed by atoms with Gasteiger partial charge in [0, 0.05) is 10.7 Å². The second-order valence-electron chi connectivity index (χ2n) is 6.87. The first-order chi connectivity index (χ1) is 15.0. The highest BCUT2D eigenvalue weighted by molar-refractivity contribution is 6.31. The molecule has 4 aromatic rings. The lowest BCUT2D eigenvalue weighted by atomic mass is 10.1. The lowest BCUT2D eigenvalue weighted by Crippen LogP contribution is -2.14. The van der Waals surface area contributed by atoms with Crippen LogP contribution >= 0.6 is 11.6 Å². The number of carbonyl (C=O) groups excluding carboxylic acids is 1. The number of amides is 1. The molecule has 1 aromatic heterocycles. The molecule has 4 rings (SSSR count). The fraction of sp³-hybridized carbons (Fsp3) is 0.174. The predicted octanol–water partition coefficient (Wildman–Crippen LogP) is 5.04. The number of methoxy groups -OCH3 is 1. The molecule has 158 valence electrons. The molecule has 0 aliphatic rings. The third-order valence-electron chi connectivity index (χ3n) is 4.76. The van der Waals surface area contributed by atoms with Crippen LogP contribution in [0.3, 0.4) is 0 Å². The molecule has 0 radical (unpaired) electrons. The second kappa shape index (κ2) is 8.65. The molecular weight excluding hydrogens is 416 g/mol. The van der Waals surface area contributed by atoms with Crippen LogP contribution in [0.2, 0.25) is 5.02 Å². The average molecular weight is 437 g/mol. The number of fused-ring (bicyclic) bond motifs is 1. The van der Waals surface area contributed by atoms with Gasteiger partial charge in [0.05, 0.1) is 25.0 Å². The number of hydrogen-bond donors (Lipinski definition) is 1. The molecule has 0 atom stereocenters. The molecule has 1 amide bonds. The minimum atomic E-state index is -0.319. The Bertz CT molecular complexity index is 1250. The standard InChI is InChI=1S/C23H21ClN4O3/c1-4-31-17-8-6-16(7-9-17)28-26-20-11-14(2)19(13-21(20)27-28)25-23(29)18-12-15(24)5-10-22(18)30-3/h5-13H,4H2,1-3H3,(H,25,29). The molecule has 1 heterocycles. The van der Waals surface area contributed by atoms with Gasteiger partial charge in [0.2, 0.25) is 0 Å². The number of nitrogens with zero attached hydrogens (tertiary/aromatic N) is 3. The molecule has 8 heteroatoms. The monoisotopic (exact) mass is 436 g/mol. The highest BCUT2D eigenvalue weighted by atomic mass is 35.5. The van der Waals surface area contributed by atoms with Crippen LogP contribution in [0.15, 0.2) is 54.6 Å². The van der Waals surface area contributed by atoms with Gasteiger partial charge in [0.15, 0.2) is 0 Å². The molecule has 0 bridgehead atoms. The van der Waals surface area contributed by atoms with Crippen LogP contribution in [0, 0.1) is 6.92 Å². The highest BCUT2D eigenvalue weighted by Gasteiger charge is 2.16. The molecule has 3 aromatic carbocycles. The molecule has 0 aliphatic heterocycles. The topological polar surface area (TPSA) is 78.3 Å². The summed E-state index contributed by atoms with van der Waals surface area (Å²) in [6.07, 6.45) is 0. The Labute approximate surface area is 184 Å². The van der Waals surface area contributed by atoms with E-state index in [2.05, 4.69) is 15.5 Å². The Kier molecular flexibility index (Phi) is 5.77. The van der Waals surface area contributed by atoms with Crippen molar-refractivity contribution in [3.63, 3.8) is 0 Å². The summed E-state index contributed by atoms with van der Waals surface area (Å²) in [6, 6.07) is 16.1. The van der Waals surface area contributed by atoms with Gasteiger partial charge in [-0.05, 0) is 74.0 Å². The Morgan fingerprint density at radius 3 is 2.45 bits per heavy atom. The number of nitrogens with one attached hydrogen (secondary N) is 1. The van der Waals surface area contributed by atoms with Gasteiger partial charge in [-0.15, -0.1) is 10.2 Å². The lowest BCUT2D eigenvalue weighted by molar-refractivity contribution is 0.102. The number of rotatable bonds is 6. The molecule has 0 unspecified atom stereocenters. The summed E-state index contributed by atoms with van der Waals surface area (Å²) in [7, 11) is 1.51. The number of halogens is 1. The molecule has 0 spiro atoms. The van der Waals surface area contributed by atoms with Crippen LogP contribution in [0.4, 0.5) is 5.69 Å². The average Bonchev–Trinajstić information content (AvgIpc) is 3.17. The SMILES string of the molecule is CCOc1ccc(-n2nc3cc(C)c(NC(=O)c4cc(Cl)ccc4OC)cc3n2)cc1. The van der Waals surface area contributed by atoms with E-state index >= 15 is 0 Å². The number of aryl methyl sites for hydroxylation is 1. The largest absolute Gasteiger partial charge is 0.496 e. The first-order valence-electron chi connectivity index (χ1n) is 9.74. The van der Waals surface area contributed by atoms with Crippen LogP contribution < -0.4 is 14.8 Å². The fourth-order valence-corrected chi connectivity index (χ4v) is 3.38. The minimum absolute atomic E-state index is 0.319. The van der Waals surface area contributed by atoms with Gasteiger partial charge < -0.3 is 14.8 Å². The normalized spacial score (nSPS) is 10.8. The van der Waals surface area contributed by atoms with E-state index in [4.69, 9.17) is 21.1 Å². The summed E-state index contributed by atoms with van der Waals surface area (Å²) in [5, 5.41) is 12.5. The zero-order chi connectivity index (χ0) is 22.0. The van der Waals surface area contributed by atoms with Crippen LogP contribution in [-0.4, -0.2) is 34.6 Å². The fourth-order valence-electron chi connectivity index (χ4n) is 3.21. The van der Waals surface area contributed by atoms with E-state index in [0.29, 0.717) is 34.1 Å². The predicted molar refractivity (Wildman–Crippen MR) is 121 cm³/mol. The number of benzene rings is 3. The summed E-state index contributed by atoms with van der Waals surface area (Å²) < 4.78 is 10.8. The van der Waals surface area contributed by atoms with Crippen molar-refractivity contribution in [3.05, 3.63) is 70.7 Å². The molecule has 31 heavy (non-hydrogen) atoms. The van der Waals surface area contributed by atoms with E-state index < -0.39 is 0 Å². The minimum Gasteiger partial charge on any atom is -0.496 e. The zero-order valence-electron chi connectivity index (χ0n) is 17.3. The van der Waals surface area contributed by atoms with Crippen molar-refractivity contribution in [3.8, 4) is 17.2 Å². The molecular formula is C23H21ClN4O3. The summed E-state index contributed by atoms with van der Waals surface area (Å²) in [6.45, 7) is 4.45. The quantitative estimate of drug-likeness (QED) is 0.458. The van der Waals surface area contributed by atoms with Crippen LogP contribution in [0.25, 0.3) is 16.7 Å². The van der Waals surface area contributed by atoms with Crippen molar-refractivity contribution >= 4 is 34.2 Å². The summed E-state index contributed by atoms with van der Waals surface area (Å²) in [5.41, 5.74) is 4.05. The second-order valence-corrected chi connectivity index (χ2v) is 7.31. The number of aromatic nitrogens is 3. The maximum absolute atomic E-state index is 12.8. The first-order valence-corrected chi connectivity index (χ1v) is 10.1. The third-order valence-corrected chi connectivity index (χ3v) is 4.99. The Hall–Kier alpha value is -3.58. The van der Waals surface area contributed by atoms with Gasteiger partial charge in [-0.3, -0.25) is 4.79 Å². The van der Waals surface area contributed by atoms with Crippen molar-refractivity contribution in [1.29, 1.82) is 0 Å². The number of anilines is 1. The molecule has 1 N–H and O–H groups in total. The number of hydrogen-bond acceptors (Lipinski definition) is 5. The Balaban J connectivity index is 1.63. The summed E-state index contributed by atoms with van der Waals surface area (Å²) >= 11 is 6.05. The molecule has 0 saturated heterocycles. The maximum atomic E-state index is 12.8. The number of ether oxygens (including phenoxy) is 2.